The van der Waals surface area contributed by atoms with Crippen molar-refractivity contribution in [2.75, 3.05) is 7.11 Å². The minimum atomic E-state index is -0.370. The second-order valence-electron chi connectivity index (χ2n) is 5.85. The normalized spacial score (nSPS) is 12.3. The number of hydrogen-bond donors (Lipinski definition) is 0. The predicted octanol–water partition coefficient (Wildman–Crippen LogP) is 5.61. The number of unbranched alkanes of at least 4 members (excludes halogenated alkanes) is 10. The van der Waals surface area contributed by atoms with Crippen LogP contribution in [-0.4, -0.2) is 19.4 Å². The van der Waals surface area contributed by atoms with Crippen molar-refractivity contribution in [1.29, 1.82) is 0 Å². The highest BCUT2D eigenvalue weighted by molar-refractivity contribution is 5.69. The fourth-order valence-electron chi connectivity index (χ4n) is 2.44. The van der Waals surface area contributed by atoms with Crippen molar-refractivity contribution in [3.05, 3.63) is 0 Å². The van der Waals surface area contributed by atoms with E-state index in [0.29, 0.717) is 12.8 Å². The molecule has 0 saturated carbocycles. The number of hydrogen-bond acceptors (Lipinski definition) is 3. The Morgan fingerprint density at radius 1 is 0.810 bits per heavy atom. The van der Waals surface area contributed by atoms with Gasteiger partial charge in [-0.15, -0.1) is 0 Å². The molecule has 0 aliphatic carbocycles. The number of carbonyl (C=O) groups excluding carboxylic acids is 1. The highest BCUT2D eigenvalue weighted by Gasteiger charge is 2.10. The van der Waals surface area contributed by atoms with Crippen molar-refractivity contribution in [1.82, 2.24) is 0 Å². The highest BCUT2D eigenvalue weighted by Crippen LogP contribution is 2.12. The third-order valence-electron chi connectivity index (χ3n) is 3.84. The Morgan fingerprint density at radius 2 is 1.29 bits per heavy atom. The van der Waals surface area contributed by atoms with Crippen molar-refractivity contribution < 1.29 is 14.3 Å². The zero-order valence-corrected chi connectivity index (χ0v) is 14.5. The van der Waals surface area contributed by atoms with E-state index in [0.717, 1.165) is 12.8 Å². The maximum Gasteiger partial charge on any atom is 0.308 e. The molecule has 0 spiro atoms. The van der Waals surface area contributed by atoms with Crippen molar-refractivity contribution in [2.45, 2.75) is 104 Å². The SMILES string of the molecule is CCCCCCCCCCCCCC(=O)OC(CC)OC. The third-order valence-corrected chi connectivity index (χ3v) is 3.84. The van der Waals surface area contributed by atoms with E-state index in [9.17, 15) is 4.79 Å². The Labute approximate surface area is 131 Å². The molecule has 1 unspecified atom stereocenters. The summed E-state index contributed by atoms with van der Waals surface area (Å²) >= 11 is 0. The lowest BCUT2D eigenvalue weighted by Crippen LogP contribution is -2.18. The first kappa shape index (κ1) is 20.4. The summed E-state index contributed by atoms with van der Waals surface area (Å²) in [5, 5.41) is 0. The molecule has 0 aromatic carbocycles. The molecular formula is C18H36O3. The predicted molar refractivity (Wildman–Crippen MR) is 88.3 cm³/mol. The van der Waals surface area contributed by atoms with Crippen LogP contribution in [0.15, 0.2) is 0 Å². The number of rotatable bonds is 15. The maximum atomic E-state index is 11.5. The van der Waals surface area contributed by atoms with Crippen molar-refractivity contribution in [3.63, 3.8) is 0 Å². The third kappa shape index (κ3) is 14.1. The van der Waals surface area contributed by atoms with Gasteiger partial charge < -0.3 is 9.47 Å². The van der Waals surface area contributed by atoms with Crippen molar-refractivity contribution in [2.24, 2.45) is 0 Å². The van der Waals surface area contributed by atoms with E-state index in [1.54, 1.807) is 7.11 Å². The van der Waals surface area contributed by atoms with E-state index >= 15 is 0 Å². The fourth-order valence-corrected chi connectivity index (χ4v) is 2.44. The van der Waals surface area contributed by atoms with Crippen LogP contribution >= 0.6 is 0 Å². The quantitative estimate of drug-likeness (QED) is 0.224. The second kappa shape index (κ2) is 15.8. The van der Waals surface area contributed by atoms with Crippen LogP contribution in [0.2, 0.25) is 0 Å². The minimum Gasteiger partial charge on any atom is -0.436 e. The van der Waals surface area contributed by atoms with Gasteiger partial charge in [0.1, 0.15) is 0 Å². The monoisotopic (exact) mass is 300 g/mol. The molecule has 0 aromatic rings. The fraction of sp³-hybridized carbons (Fsp3) is 0.944. The molecule has 0 aliphatic rings. The number of ether oxygens (including phenoxy) is 2. The molecule has 0 rings (SSSR count). The molecule has 0 heterocycles. The van der Waals surface area contributed by atoms with Crippen LogP contribution in [0.3, 0.4) is 0 Å². The van der Waals surface area contributed by atoms with Gasteiger partial charge in [-0.05, 0) is 6.42 Å². The summed E-state index contributed by atoms with van der Waals surface area (Å²) in [5.74, 6) is -0.125. The molecule has 0 N–H and O–H groups in total. The first-order valence-corrected chi connectivity index (χ1v) is 8.96. The summed E-state index contributed by atoms with van der Waals surface area (Å²) in [6.07, 6.45) is 15.1. The lowest BCUT2D eigenvalue weighted by Gasteiger charge is -2.13. The van der Waals surface area contributed by atoms with Crippen LogP contribution < -0.4 is 0 Å². The van der Waals surface area contributed by atoms with Crippen LogP contribution in [0, 0.1) is 0 Å². The van der Waals surface area contributed by atoms with Gasteiger partial charge in [0.05, 0.1) is 0 Å². The second-order valence-corrected chi connectivity index (χ2v) is 5.85. The Bertz CT molecular complexity index is 225. The highest BCUT2D eigenvalue weighted by atomic mass is 16.7. The minimum absolute atomic E-state index is 0.125. The molecule has 0 aromatic heterocycles. The van der Waals surface area contributed by atoms with Crippen LogP contribution in [0.5, 0.6) is 0 Å². The average Bonchev–Trinajstić information content (AvgIpc) is 2.50. The number of carbonyl (C=O) groups is 1. The van der Waals surface area contributed by atoms with Gasteiger partial charge in [0.15, 0.2) is 0 Å². The summed E-state index contributed by atoms with van der Waals surface area (Å²) in [4.78, 5) is 11.5. The van der Waals surface area contributed by atoms with E-state index < -0.39 is 0 Å². The lowest BCUT2D eigenvalue weighted by molar-refractivity contribution is -0.173. The van der Waals surface area contributed by atoms with E-state index in [1.165, 1.54) is 57.8 Å². The van der Waals surface area contributed by atoms with Gasteiger partial charge >= 0.3 is 5.97 Å². The molecule has 126 valence electrons. The molecule has 0 amide bonds. The molecule has 0 bridgehead atoms. The average molecular weight is 300 g/mol. The van der Waals surface area contributed by atoms with Gasteiger partial charge in [-0.25, -0.2) is 0 Å². The summed E-state index contributed by atoms with van der Waals surface area (Å²) in [5.41, 5.74) is 0. The smallest absolute Gasteiger partial charge is 0.308 e. The van der Waals surface area contributed by atoms with Gasteiger partial charge in [0.2, 0.25) is 6.29 Å². The molecule has 0 aliphatic heterocycles. The molecule has 0 saturated heterocycles. The van der Waals surface area contributed by atoms with Crippen LogP contribution in [0.1, 0.15) is 97.3 Å². The van der Waals surface area contributed by atoms with Crippen molar-refractivity contribution in [3.8, 4) is 0 Å². The summed E-state index contributed by atoms with van der Waals surface area (Å²) in [6.45, 7) is 4.21. The Kier molecular flexibility index (Phi) is 15.4. The zero-order chi connectivity index (χ0) is 15.8. The summed E-state index contributed by atoms with van der Waals surface area (Å²) in [7, 11) is 1.57. The van der Waals surface area contributed by atoms with Gasteiger partial charge in [-0.2, -0.15) is 0 Å². The number of methoxy groups -OCH3 is 1. The molecule has 0 radical (unpaired) electrons. The molecule has 3 nitrogen and oxygen atoms in total. The van der Waals surface area contributed by atoms with Gasteiger partial charge in [-0.3, -0.25) is 4.79 Å². The number of esters is 1. The molecular weight excluding hydrogens is 264 g/mol. The first-order valence-electron chi connectivity index (χ1n) is 8.96. The van der Waals surface area contributed by atoms with Crippen molar-refractivity contribution >= 4 is 5.97 Å². The van der Waals surface area contributed by atoms with Gasteiger partial charge in [-0.1, -0.05) is 78.1 Å². The van der Waals surface area contributed by atoms with Crippen LogP contribution in [0.4, 0.5) is 0 Å². The molecule has 21 heavy (non-hydrogen) atoms. The topological polar surface area (TPSA) is 35.5 Å². The Hall–Kier alpha value is -0.570. The Morgan fingerprint density at radius 3 is 1.71 bits per heavy atom. The zero-order valence-electron chi connectivity index (χ0n) is 14.5. The maximum absolute atomic E-state index is 11.5. The lowest BCUT2D eigenvalue weighted by atomic mass is 10.1. The molecule has 0 fully saturated rings. The largest absolute Gasteiger partial charge is 0.436 e. The van der Waals surface area contributed by atoms with E-state index in [2.05, 4.69) is 6.92 Å². The van der Waals surface area contributed by atoms with Crippen LogP contribution in [-0.2, 0) is 14.3 Å². The standard InChI is InChI=1S/C18H36O3/c1-4-6-7-8-9-10-11-12-13-14-15-16-17(19)21-18(5-2)20-3/h18H,4-16H2,1-3H3. The molecule has 1 atom stereocenters. The molecule has 3 heteroatoms. The van der Waals surface area contributed by atoms with Gasteiger partial charge in [0, 0.05) is 20.0 Å². The summed E-state index contributed by atoms with van der Waals surface area (Å²) < 4.78 is 10.2. The van der Waals surface area contributed by atoms with Gasteiger partial charge in [0.25, 0.3) is 0 Å². The summed E-state index contributed by atoms with van der Waals surface area (Å²) in [6, 6.07) is 0. The van der Waals surface area contributed by atoms with E-state index in [4.69, 9.17) is 9.47 Å². The van der Waals surface area contributed by atoms with E-state index in [1.807, 2.05) is 6.92 Å². The Balaban J connectivity index is 3.23. The van der Waals surface area contributed by atoms with Crippen LogP contribution in [0.25, 0.3) is 0 Å². The van der Waals surface area contributed by atoms with E-state index in [-0.39, 0.29) is 12.3 Å². The first-order chi connectivity index (χ1) is 10.2.